The van der Waals surface area contributed by atoms with Gasteiger partial charge >= 0.3 is 0 Å². The molecule has 1 aromatic carbocycles. The van der Waals surface area contributed by atoms with Gasteiger partial charge in [0, 0.05) is 44.6 Å². The lowest BCUT2D eigenvalue weighted by atomic mass is 10.3. The van der Waals surface area contributed by atoms with Crippen molar-refractivity contribution in [1.29, 1.82) is 0 Å². The Bertz CT molecular complexity index is 1110. The molecule has 1 aliphatic heterocycles. The zero-order valence-electron chi connectivity index (χ0n) is 15.5. The quantitative estimate of drug-likeness (QED) is 0.640. The van der Waals surface area contributed by atoms with Crippen LogP contribution in [-0.2, 0) is 10.0 Å². The van der Waals surface area contributed by atoms with Crippen LogP contribution in [0.1, 0.15) is 5.82 Å². The molecule has 0 N–H and O–H groups in total. The number of hydrogen-bond acceptors (Lipinski definition) is 6. The summed E-state index contributed by atoms with van der Waals surface area (Å²) >= 11 is 0. The van der Waals surface area contributed by atoms with Crippen molar-refractivity contribution in [2.75, 3.05) is 31.1 Å². The molecule has 29 heavy (non-hydrogen) atoms. The van der Waals surface area contributed by atoms with Crippen LogP contribution in [-0.4, -0.2) is 58.4 Å². The summed E-state index contributed by atoms with van der Waals surface area (Å²) in [5, 5.41) is 0. The lowest BCUT2D eigenvalue weighted by Crippen LogP contribution is -2.49. The average molecular weight is 420 g/mol. The standard InChI is InChI=1S/C18H18F2N6O2S/c1-13-22-16(11-17(23-13)25-6-5-21-12-25)24-7-9-26(10-8-24)29(27,28)18-14(19)3-2-4-15(18)20/h2-6,11-12H,7-10H2,1H3. The molecule has 0 radical (unpaired) electrons. The minimum Gasteiger partial charge on any atom is -0.354 e. The second kappa shape index (κ2) is 7.48. The lowest BCUT2D eigenvalue weighted by Gasteiger charge is -2.34. The summed E-state index contributed by atoms with van der Waals surface area (Å²) in [7, 11) is -4.27. The molecular weight excluding hydrogens is 402 g/mol. The third kappa shape index (κ3) is 3.70. The highest BCUT2D eigenvalue weighted by Gasteiger charge is 2.33. The molecule has 1 fully saturated rings. The second-order valence-electron chi connectivity index (χ2n) is 6.54. The Balaban J connectivity index is 1.54. The van der Waals surface area contributed by atoms with Gasteiger partial charge in [0.1, 0.15) is 35.4 Å². The number of imidazole rings is 1. The van der Waals surface area contributed by atoms with Crippen molar-refractivity contribution < 1.29 is 17.2 Å². The van der Waals surface area contributed by atoms with Crippen molar-refractivity contribution >= 4 is 15.8 Å². The molecule has 0 saturated carbocycles. The van der Waals surface area contributed by atoms with Crippen LogP contribution in [0.2, 0.25) is 0 Å². The van der Waals surface area contributed by atoms with E-state index in [1.54, 1.807) is 36.3 Å². The highest BCUT2D eigenvalue weighted by Crippen LogP contribution is 2.25. The van der Waals surface area contributed by atoms with E-state index in [0.717, 1.165) is 22.5 Å². The summed E-state index contributed by atoms with van der Waals surface area (Å²) in [5.74, 6) is -0.328. The van der Waals surface area contributed by atoms with E-state index in [1.807, 2.05) is 4.90 Å². The van der Waals surface area contributed by atoms with Crippen LogP contribution in [0.5, 0.6) is 0 Å². The molecule has 0 bridgehead atoms. The number of anilines is 1. The van der Waals surface area contributed by atoms with Gasteiger partial charge in [-0.15, -0.1) is 0 Å². The molecule has 0 unspecified atom stereocenters. The van der Waals surface area contributed by atoms with Gasteiger partial charge in [-0.2, -0.15) is 4.31 Å². The van der Waals surface area contributed by atoms with E-state index in [1.165, 1.54) is 0 Å². The molecule has 3 aromatic rings. The Morgan fingerprint density at radius 2 is 1.66 bits per heavy atom. The Morgan fingerprint density at radius 3 is 2.28 bits per heavy atom. The van der Waals surface area contributed by atoms with Crippen LogP contribution < -0.4 is 4.90 Å². The van der Waals surface area contributed by atoms with Crippen LogP contribution in [0.4, 0.5) is 14.6 Å². The largest absolute Gasteiger partial charge is 0.354 e. The summed E-state index contributed by atoms with van der Waals surface area (Å²) in [6, 6.07) is 4.80. The van der Waals surface area contributed by atoms with Crippen molar-refractivity contribution in [2.45, 2.75) is 11.8 Å². The number of aryl methyl sites for hydroxylation is 1. The fourth-order valence-electron chi connectivity index (χ4n) is 3.24. The molecule has 0 aliphatic carbocycles. The Labute approximate surface area is 166 Å². The summed E-state index contributed by atoms with van der Waals surface area (Å²) in [5.41, 5.74) is 0. The van der Waals surface area contributed by atoms with Crippen LogP contribution >= 0.6 is 0 Å². The summed E-state index contributed by atoms with van der Waals surface area (Å²) in [6.45, 7) is 2.59. The van der Waals surface area contributed by atoms with Gasteiger partial charge in [0.05, 0.1) is 0 Å². The normalized spacial score (nSPS) is 15.6. The van der Waals surface area contributed by atoms with E-state index in [2.05, 4.69) is 15.0 Å². The minimum absolute atomic E-state index is 0.0829. The summed E-state index contributed by atoms with van der Waals surface area (Å²) in [6.07, 6.45) is 5.03. The van der Waals surface area contributed by atoms with Crippen LogP contribution in [0, 0.1) is 18.6 Å². The monoisotopic (exact) mass is 420 g/mol. The van der Waals surface area contributed by atoms with Gasteiger partial charge in [-0.25, -0.2) is 32.2 Å². The third-order valence-corrected chi connectivity index (χ3v) is 6.61. The van der Waals surface area contributed by atoms with E-state index in [9.17, 15) is 17.2 Å². The predicted molar refractivity (Wildman–Crippen MR) is 101 cm³/mol. The number of piperazine rings is 1. The Hall–Kier alpha value is -2.92. The van der Waals surface area contributed by atoms with E-state index in [0.29, 0.717) is 30.5 Å². The maximum Gasteiger partial charge on any atom is 0.249 e. The summed E-state index contributed by atoms with van der Waals surface area (Å²) < 4.78 is 56.3. The lowest BCUT2D eigenvalue weighted by molar-refractivity contribution is 0.377. The first-order valence-corrected chi connectivity index (χ1v) is 10.3. The van der Waals surface area contributed by atoms with Crippen molar-refractivity contribution in [2.24, 2.45) is 0 Å². The van der Waals surface area contributed by atoms with Gasteiger partial charge in [-0.3, -0.25) is 4.57 Å². The number of aromatic nitrogens is 4. The van der Waals surface area contributed by atoms with Gasteiger partial charge in [0.25, 0.3) is 0 Å². The molecule has 0 spiro atoms. The van der Waals surface area contributed by atoms with Crippen molar-refractivity contribution in [1.82, 2.24) is 23.8 Å². The SMILES string of the molecule is Cc1nc(N2CCN(S(=O)(=O)c3c(F)cccc3F)CC2)cc(-n2ccnc2)n1. The van der Waals surface area contributed by atoms with Crippen molar-refractivity contribution in [3.05, 3.63) is 60.4 Å². The van der Waals surface area contributed by atoms with Gasteiger partial charge in [-0.05, 0) is 19.1 Å². The second-order valence-corrected chi connectivity index (χ2v) is 8.42. The Kier molecular flexibility index (Phi) is 5.01. The first-order chi connectivity index (χ1) is 13.9. The highest BCUT2D eigenvalue weighted by molar-refractivity contribution is 7.89. The molecule has 3 heterocycles. The number of nitrogens with zero attached hydrogens (tertiary/aromatic N) is 6. The van der Waals surface area contributed by atoms with Gasteiger partial charge in [0.15, 0.2) is 4.90 Å². The zero-order chi connectivity index (χ0) is 20.6. The maximum absolute atomic E-state index is 14.0. The molecule has 4 rings (SSSR count). The minimum atomic E-state index is -4.27. The highest BCUT2D eigenvalue weighted by atomic mass is 32.2. The molecule has 11 heteroatoms. The smallest absolute Gasteiger partial charge is 0.249 e. The molecule has 152 valence electrons. The molecule has 1 saturated heterocycles. The van der Waals surface area contributed by atoms with Crippen LogP contribution in [0.3, 0.4) is 0 Å². The number of halogens is 2. The predicted octanol–water partition coefficient (Wildman–Crippen LogP) is 1.76. The summed E-state index contributed by atoms with van der Waals surface area (Å²) in [4.78, 5) is 13.8. The van der Waals surface area contributed by atoms with Crippen LogP contribution in [0.25, 0.3) is 5.82 Å². The fourth-order valence-corrected chi connectivity index (χ4v) is 4.77. The van der Waals surface area contributed by atoms with E-state index < -0.39 is 26.6 Å². The molecule has 0 amide bonds. The van der Waals surface area contributed by atoms with Crippen LogP contribution in [0.15, 0.2) is 47.9 Å². The van der Waals surface area contributed by atoms with Crippen molar-refractivity contribution in [3.8, 4) is 5.82 Å². The molecule has 2 aromatic heterocycles. The first kappa shape index (κ1) is 19.4. The Morgan fingerprint density at radius 1 is 1.00 bits per heavy atom. The number of hydrogen-bond donors (Lipinski definition) is 0. The van der Waals surface area contributed by atoms with Crippen molar-refractivity contribution in [3.63, 3.8) is 0 Å². The maximum atomic E-state index is 14.0. The third-order valence-electron chi connectivity index (χ3n) is 4.66. The average Bonchev–Trinajstić information content (AvgIpc) is 3.22. The number of sulfonamides is 1. The van der Waals surface area contributed by atoms with Gasteiger partial charge < -0.3 is 4.90 Å². The number of rotatable bonds is 4. The van der Waals surface area contributed by atoms with Gasteiger partial charge in [-0.1, -0.05) is 6.07 Å². The topological polar surface area (TPSA) is 84.2 Å². The molecule has 0 atom stereocenters. The zero-order valence-corrected chi connectivity index (χ0v) is 16.4. The van der Waals surface area contributed by atoms with E-state index >= 15 is 0 Å². The van der Waals surface area contributed by atoms with E-state index in [-0.39, 0.29) is 13.1 Å². The van der Waals surface area contributed by atoms with E-state index in [4.69, 9.17) is 0 Å². The fraction of sp³-hybridized carbons (Fsp3) is 0.278. The molecular formula is C18H18F2N6O2S. The van der Waals surface area contributed by atoms with Gasteiger partial charge in [0.2, 0.25) is 10.0 Å². The molecule has 8 nitrogen and oxygen atoms in total. The first-order valence-electron chi connectivity index (χ1n) is 8.89. The number of benzene rings is 1. The molecule has 1 aliphatic rings.